The highest BCUT2D eigenvalue weighted by atomic mass is 35.5. The molecule has 0 spiro atoms. The molecule has 96 valence electrons. The fourth-order valence-electron chi connectivity index (χ4n) is 2.31. The van der Waals surface area contributed by atoms with E-state index in [1.54, 1.807) is 0 Å². The van der Waals surface area contributed by atoms with Gasteiger partial charge in [-0.3, -0.25) is 0 Å². The summed E-state index contributed by atoms with van der Waals surface area (Å²) >= 11 is 6.34. The highest BCUT2D eigenvalue weighted by Gasteiger charge is 2.41. The maximum absolute atomic E-state index is 9.25. The lowest BCUT2D eigenvalue weighted by Gasteiger charge is -2.12. The quantitative estimate of drug-likeness (QED) is 0.778. The van der Waals surface area contributed by atoms with Gasteiger partial charge in [-0.25, -0.2) is 0 Å². The summed E-state index contributed by atoms with van der Waals surface area (Å²) < 4.78 is 0. The Morgan fingerprint density at radius 2 is 2.11 bits per heavy atom. The molecule has 0 aliphatic heterocycles. The van der Waals surface area contributed by atoms with Gasteiger partial charge in [0.2, 0.25) is 0 Å². The summed E-state index contributed by atoms with van der Waals surface area (Å²) in [5.41, 5.74) is 2.23. The molecule has 0 radical (unpaired) electrons. The monoisotopic (exact) mass is 264 g/mol. The highest BCUT2D eigenvalue weighted by molar-refractivity contribution is 6.36. The number of aliphatic hydroxyl groups is 1. The van der Waals surface area contributed by atoms with E-state index in [-0.39, 0.29) is 12.0 Å². The average molecular weight is 265 g/mol. The van der Waals surface area contributed by atoms with Crippen LogP contribution in [-0.2, 0) is 6.54 Å². The third kappa shape index (κ3) is 2.14. The van der Waals surface area contributed by atoms with Gasteiger partial charge in [-0.15, -0.1) is 0 Å². The van der Waals surface area contributed by atoms with Crippen LogP contribution >= 0.6 is 11.6 Å². The molecule has 0 amide bonds. The summed E-state index contributed by atoms with van der Waals surface area (Å²) in [5.74, 6) is 0. The second-order valence-corrected chi connectivity index (χ2v) is 5.60. The largest absolute Gasteiger partial charge is 0.396 e. The number of nitrogens with one attached hydrogen (secondary N) is 2. The normalized spacial score (nSPS) is 17.2. The fourth-order valence-corrected chi connectivity index (χ4v) is 2.58. The number of para-hydroxylation sites is 1. The van der Waals surface area contributed by atoms with Crippen LogP contribution in [-0.4, -0.2) is 23.2 Å². The lowest BCUT2D eigenvalue weighted by molar-refractivity contribution is 0.207. The van der Waals surface area contributed by atoms with Crippen molar-refractivity contribution in [3.63, 3.8) is 0 Å². The Balaban J connectivity index is 1.69. The van der Waals surface area contributed by atoms with Crippen LogP contribution in [0.2, 0.25) is 5.02 Å². The molecule has 0 saturated heterocycles. The first-order valence-electron chi connectivity index (χ1n) is 6.31. The number of aliphatic hydroxyl groups excluding tert-OH is 1. The number of benzene rings is 1. The number of aromatic amines is 1. The summed E-state index contributed by atoms with van der Waals surface area (Å²) in [6.07, 6.45) is 2.24. The Kier molecular flexibility index (Phi) is 3.06. The topological polar surface area (TPSA) is 48.0 Å². The molecule has 3 N–H and O–H groups in total. The van der Waals surface area contributed by atoms with Crippen molar-refractivity contribution in [3.8, 4) is 0 Å². The predicted molar refractivity (Wildman–Crippen MR) is 73.8 cm³/mol. The van der Waals surface area contributed by atoms with Crippen LogP contribution in [0, 0.1) is 5.41 Å². The molecule has 3 rings (SSSR count). The molecule has 1 aliphatic rings. The molecule has 1 fully saturated rings. The molecule has 2 aromatic rings. The zero-order valence-corrected chi connectivity index (χ0v) is 10.9. The van der Waals surface area contributed by atoms with Gasteiger partial charge in [-0.05, 0) is 18.9 Å². The van der Waals surface area contributed by atoms with E-state index in [9.17, 15) is 5.11 Å². The number of rotatable bonds is 5. The summed E-state index contributed by atoms with van der Waals surface area (Å²) in [5, 5.41) is 14.5. The third-order valence-corrected chi connectivity index (χ3v) is 4.24. The van der Waals surface area contributed by atoms with Gasteiger partial charge >= 0.3 is 0 Å². The van der Waals surface area contributed by atoms with E-state index < -0.39 is 0 Å². The molecule has 0 bridgehead atoms. The zero-order valence-electron chi connectivity index (χ0n) is 10.2. The second kappa shape index (κ2) is 4.57. The van der Waals surface area contributed by atoms with Gasteiger partial charge in [0, 0.05) is 41.7 Å². The number of H-pyrrole nitrogens is 1. The summed E-state index contributed by atoms with van der Waals surface area (Å²) in [6.45, 7) is 1.85. The standard InChI is InChI=1S/C14H17ClN2O/c15-13-10-3-1-2-4-11(10)17-12(13)7-16-8-14(9-18)5-6-14/h1-4,16-18H,5-9H2. The van der Waals surface area contributed by atoms with Crippen molar-refractivity contribution < 1.29 is 5.11 Å². The van der Waals surface area contributed by atoms with Crippen molar-refractivity contribution in [3.05, 3.63) is 35.0 Å². The van der Waals surface area contributed by atoms with Crippen LogP contribution in [0.1, 0.15) is 18.5 Å². The molecule has 1 heterocycles. The van der Waals surface area contributed by atoms with Gasteiger partial charge in [0.1, 0.15) is 0 Å². The smallest absolute Gasteiger partial charge is 0.0705 e. The molecule has 3 nitrogen and oxygen atoms in total. The minimum absolute atomic E-state index is 0.137. The first-order chi connectivity index (χ1) is 8.74. The van der Waals surface area contributed by atoms with E-state index in [2.05, 4.69) is 10.3 Å². The lowest BCUT2D eigenvalue weighted by Crippen LogP contribution is -2.26. The molecule has 1 aromatic heterocycles. The lowest BCUT2D eigenvalue weighted by atomic mass is 10.1. The van der Waals surface area contributed by atoms with Crippen molar-refractivity contribution in [2.24, 2.45) is 5.41 Å². The Morgan fingerprint density at radius 1 is 1.33 bits per heavy atom. The van der Waals surface area contributed by atoms with Gasteiger partial charge in [-0.2, -0.15) is 0 Å². The predicted octanol–water partition coefficient (Wildman–Crippen LogP) is 2.68. The molecule has 18 heavy (non-hydrogen) atoms. The van der Waals surface area contributed by atoms with Gasteiger partial charge in [0.25, 0.3) is 0 Å². The van der Waals surface area contributed by atoms with Crippen molar-refractivity contribution in [1.29, 1.82) is 0 Å². The molecule has 1 aromatic carbocycles. The maximum Gasteiger partial charge on any atom is 0.0705 e. The Bertz CT molecular complexity index is 560. The molecule has 0 unspecified atom stereocenters. The summed E-state index contributed by atoms with van der Waals surface area (Å²) in [7, 11) is 0. The number of hydrogen-bond acceptors (Lipinski definition) is 2. The Morgan fingerprint density at radius 3 is 2.78 bits per heavy atom. The van der Waals surface area contributed by atoms with E-state index in [0.717, 1.165) is 47.6 Å². The minimum Gasteiger partial charge on any atom is -0.396 e. The van der Waals surface area contributed by atoms with E-state index in [4.69, 9.17) is 11.6 Å². The zero-order chi connectivity index (χ0) is 12.6. The van der Waals surface area contributed by atoms with Gasteiger partial charge < -0.3 is 15.4 Å². The first kappa shape index (κ1) is 12.0. The van der Waals surface area contributed by atoms with E-state index >= 15 is 0 Å². The minimum atomic E-state index is 0.137. The van der Waals surface area contributed by atoms with Crippen molar-refractivity contribution >= 4 is 22.5 Å². The maximum atomic E-state index is 9.25. The van der Waals surface area contributed by atoms with Crippen molar-refractivity contribution in [2.45, 2.75) is 19.4 Å². The highest BCUT2D eigenvalue weighted by Crippen LogP contribution is 2.44. The molecule has 0 atom stereocenters. The van der Waals surface area contributed by atoms with Crippen LogP contribution in [0.3, 0.4) is 0 Å². The Hall–Kier alpha value is -1.03. The molecule has 1 aliphatic carbocycles. The molecular formula is C14H17ClN2O. The number of fused-ring (bicyclic) bond motifs is 1. The van der Waals surface area contributed by atoms with Crippen molar-refractivity contribution in [1.82, 2.24) is 10.3 Å². The van der Waals surface area contributed by atoms with E-state index in [1.165, 1.54) is 0 Å². The van der Waals surface area contributed by atoms with Crippen LogP contribution in [0.25, 0.3) is 10.9 Å². The number of hydrogen-bond donors (Lipinski definition) is 3. The molecule has 1 saturated carbocycles. The van der Waals surface area contributed by atoms with Gasteiger partial charge in [0.05, 0.1) is 5.02 Å². The fraction of sp³-hybridized carbons (Fsp3) is 0.429. The summed E-state index contributed by atoms with van der Waals surface area (Å²) in [4.78, 5) is 3.33. The number of aromatic nitrogens is 1. The van der Waals surface area contributed by atoms with E-state index in [0.29, 0.717) is 0 Å². The third-order valence-electron chi connectivity index (χ3n) is 3.81. The second-order valence-electron chi connectivity index (χ2n) is 5.22. The van der Waals surface area contributed by atoms with E-state index in [1.807, 2.05) is 24.3 Å². The van der Waals surface area contributed by atoms with Gasteiger partial charge in [0.15, 0.2) is 0 Å². The van der Waals surface area contributed by atoms with Crippen LogP contribution in [0.5, 0.6) is 0 Å². The molecular weight excluding hydrogens is 248 g/mol. The Labute approximate surface area is 111 Å². The average Bonchev–Trinajstić information content (AvgIpc) is 3.11. The number of halogens is 1. The van der Waals surface area contributed by atoms with Crippen molar-refractivity contribution in [2.75, 3.05) is 13.2 Å². The van der Waals surface area contributed by atoms with Crippen LogP contribution in [0.4, 0.5) is 0 Å². The first-order valence-corrected chi connectivity index (χ1v) is 6.69. The SMILES string of the molecule is OCC1(CNCc2[nH]c3ccccc3c2Cl)CC1. The van der Waals surface area contributed by atoms with Crippen LogP contribution < -0.4 is 5.32 Å². The van der Waals surface area contributed by atoms with Gasteiger partial charge in [-0.1, -0.05) is 29.8 Å². The van der Waals surface area contributed by atoms with Crippen LogP contribution in [0.15, 0.2) is 24.3 Å². The molecule has 4 heteroatoms. The summed E-state index contributed by atoms with van der Waals surface area (Å²) in [6, 6.07) is 8.04.